The van der Waals surface area contributed by atoms with E-state index in [-0.39, 0.29) is 55.2 Å². The topological polar surface area (TPSA) is 149 Å². The number of nitrogens with zero attached hydrogens (tertiary/aromatic N) is 3. The second-order valence-electron chi connectivity index (χ2n) is 15.3. The molecule has 60 heavy (non-hydrogen) atoms. The minimum absolute atomic E-state index is 0.0847. The van der Waals surface area contributed by atoms with Gasteiger partial charge >= 0.3 is 0 Å². The molecule has 0 aromatic heterocycles. The molecule has 13 heteroatoms. The number of carbonyl (C=O) groups is 5. The Morgan fingerprint density at radius 3 is 2.20 bits per heavy atom. The largest absolute Gasteiger partial charge is 0.508 e. The Balaban J connectivity index is 0.827. The van der Waals surface area contributed by atoms with Gasteiger partial charge in [-0.15, -0.1) is 11.6 Å². The van der Waals surface area contributed by atoms with E-state index in [0.717, 1.165) is 53.2 Å². The number of alkyl halides is 1. The van der Waals surface area contributed by atoms with Gasteiger partial charge in [0.15, 0.2) is 0 Å². The smallest absolute Gasteiger partial charge is 0.255 e. The molecule has 4 aromatic rings. The number of piperidine rings is 1. The van der Waals surface area contributed by atoms with Crippen LogP contribution in [0.5, 0.6) is 11.5 Å². The van der Waals surface area contributed by atoms with Crippen molar-refractivity contribution in [2.45, 2.75) is 57.5 Å². The number of fused-ring (bicyclic) bond motifs is 1. The summed E-state index contributed by atoms with van der Waals surface area (Å²) in [5.74, 6) is 0.211. The lowest BCUT2D eigenvalue weighted by molar-refractivity contribution is -0.137. The zero-order valence-electron chi connectivity index (χ0n) is 33.5. The predicted octanol–water partition coefficient (Wildman–Crippen LogP) is 6.46. The third-order valence-corrected chi connectivity index (χ3v) is 11.6. The number of allylic oxidation sites excluding steroid dienone is 1. The Bertz CT molecular complexity index is 2220. The molecular formula is C47H50ClN5O7. The highest BCUT2D eigenvalue weighted by molar-refractivity contribution is 6.18. The number of phenols is 1. The molecule has 0 bridgehead atoms. The van der Waals surface area contributed by atoms with Gasteiger partial charge in [-0.25, -0.2) is 0 Å². The SMILES string of the molecule is O=C1CCC(N2Cc3c(NC(=O)CCCCC(=O)N4CCN(CCOc5ccc(C(=C(CCCl)c6ccccc6)c6ccc(O)cc6)cc5)CC4)cccc3C2=O)C(=O)N1. The highest BCUT2D eigenvalue weighted by Gasteiger charge is 2.40. The lowest BCUT2D eigenvalue weighted by Gasteiger charge is -2.34. The number of aromatic hydroxyl groups is 1. The van der Waals surface area contributed by atoms with Gasteiger partial charge in [-0.1, -0.05) is 60.7 Å². The number of amides is 5. The average molecular weight is 832 g/mol. The molecule has 1 unspecified atom stereocenters. The number of hydrogen-bond acceptors (Lipinski definition) is 8. The molecule has 3 aliphatic heterocycles. The quantitative estimate of drug-likeness (QED) is 0.0505. The Morgan fingerprint density at radius 2 is 1.50 bits per heavy atom. The van der Waals surface area contributed by atoms with Crippen LogP contribution >= 0.6 is 11.6 Å². The van der Waals surface area contributed by atoms with Crippen LogP contribution in [-0.2, 0) is 25.7 Å². The van der Waals surface area contributed by atoms with Crippen molar-refractivity contribution >= 4 is 58.0 Å². The molecule has 2 fully saturated rings. The molecule has 0 spiro atoms. The van der Waals surface area contributed by atoms with Gasteiger partial charge in [-0.3, -0.25) is 34.2 Å². The molecule has 7 rings (SSSR count). The zero-order chi connectivity index (χ0) is 42.0. The van der Waals surface area contributed by atoms with Crippen LogP contribution in [0.1, 0.15) is 77.6 Å². The average Bonchev–Trinajstić information content (AvgIpc) is 3.60. The maximum atomic E-state index is 13.1. The van der Waals surface area contributed by atoms with Crippen LogP contribution in [0.3, 0.4) is 0 Å². The third kappa shape index (κ3) is 10.2. The lowest BCUT2D eigenvalue weighted by Crippen LogP contribution is -2.52. The minimum atomic E-state index is -0.728. The number of benzene rings is 4. The first-order chi connectivity index (χ1) is 29.2. The summed E-state index contributed by atoms with van der Waals surface area (Å²) in [6.45, 7) is 4.21. The Morgan fingerprint density at radius 1 is 0.800 bits per heavy atom. The molecule has 12 nitrogen and oxygen atoms in total. The van der Waals surface area contributed by atoms with E-state index in [4.69, 9.17) is 16.3 Å². The molecular weight excluding hydrogens is 782 g/mol. The molecule has 3 aliphatic rings. The standard InChI is InChI=1S/C47H50ClN5O7/c48-24-23-37(32-7-2-1-3-8-32)45(33-13-17-35(54)18-14-33)34-15-19-36(20-16-34)60-30-29-51-25-27-52(28-26-51)44(57)12-5-4-11-42(55)49-40-10-6-9-38-39(40)31-53(47(38)59)41-21-22-43(56)50-46(41)58/h1-3,6-10,13-20,41,54H,4-5,11-12,21-31H2,(H,49,55)(H,50,56,58). The van der Waals surface area contributed by atoms with Crippen molar-refractivity contribution in [3.05, 3.63) is 125 Å². The number of anilines is 1. The first-order valence-corrected chi connectivity index (χ1v) is 21.2. The number of unbranched alkanes of at least 4 members (excludes halogenated alkanes) is 1. The Labute approximate surface area is 355 Å². The number of imide groups is 1. The summed E-state index contributed by atoms with van der Waals surface area (Å²) in [7, 11) is 0. The molecule has 0 aliphatic carbocycles. The third-order valence-electron chi connectivity index (χ3n) is 11.4. The summed E-state index contributed by atoms with van der Waals surface area (Å²) in [6.07, 6.45) is 2.84. The van der Waals surface area contributed by atoms with Crippen molar-refractivity contribution in [2.75, 3.05) is 50.5 Å². The van der Waals surface area contributed by atoms with Gasteiger partial charge in [0.05, 0.1) is 0 Å². The molecule has 0 saturated carbocycles. The fourth-order valence-electron chi connectivity index (χ4n) is 8.16. The maximum Gasteiger partial charge on any atom is 0.255 e. The van der Waals surface area contributed by atoms with E-state index in [9.17, 15) is 29.1 Å². The molecule has 3 N–H and O–H groups in total. The van der Waals surface area contributed by atoms with E-state index in [2.05, 4.69) is 39.8 Å². The van der Waals surface area contributed by atoms with E-state index >= 15 is 0 Å². The van der Waals surface area contributed by atoms with E-state index in [0.29, 0.717) is 68.1 Å². The summed E-state index contributed by atoms with van der Waals surface area (Å²) in [4.78, 5) is 68.7. The van der Waals surface area contributed by atoms with Crippen LogP contribution < -0.4 is 15.4 Å². The first kappa shape index (κ1) is 42.2. The molecule has 3 heterocycles. The van der Waals surface area contributed by atoms with Crippen LogP contribution in [-0.4, -0.2) is 101 Å². The van der Waals surface area contributed by atoms with Crippen LogP contribution in [0.25, 0.3) is 11.1 Å². The van der Waals surface area contributed by atoms with E-state index < -0.39 is 11.9 Å². The summed E-state index contributed by atoms with van der Waals surface area (Å²) in [5, 5.41) is 15.2. The molecule has 5 amide bonds. The molecule has 4 aromatic carbocycles. The second kappa shape index (κ2) is 19.8. The van der Waals surface area contributed by atoms with Crippen LogP contribution in [0.15, 0.2) is 97.1 Å². The van der Waals surface area contributed by atoms with E-state index in [1.165, 1.54) is 4.90 Å². The van der Waals surface area contributed by atoms with E-state index in [1.807, 2.05) is 47.4 Å². The second-order valence-corrected chi connectivity index (χ2v) is 15.7. The number of piperazine rings is 1. The van der Waals surface area contributed by atoms with Crippen molar-refractivity contribution in [2.24, 2.45) is 0 Å². The Hall–Kier alpha value is -5.98. The number of ether oxygens (including phenoxy) is 1. The van der Waals surface area contributed by atoms with Gasteiger partial charge in [-0.2, -0.15) is 0 Å². The molecule has 1 atom stereocenters. The predicted molar refractivity (Wildman–Crippen MR) is 230 cm³/mol. The summed E-state index contributed by atoms with van der Waals surface area (Å²) in [6, 6.07) is 29.9. The highest BCUT2D eigenvalue weighted by atomic mass is 35.5. The normalized spacial score (nSPS) is 17.2. The summed E-state index contributed by atoms with van der Waals surface area (Å²) < 4.78 is 6.15. The monoisotopic (exact) mass is 831 g/mol. The van der Waals surface area contributed by atoms with Gasteiger partial charge in [-0.05, 0) is 89.9 Å². The summed E-state index contributed by atoms with van der Waals surface area (Å²) >= 11 is 6.31. The Kier molecular flexibility index (Phi) is 13.9. The summed E-state index contributed by atoms with van der Waals surface area (Å²) in [5.41, 5.74) is 6.91. The van der Waals surface area contributed by atoms with Crippen molar-refractivity contribution in [3.63, 3.8) is 0 Å². The highest BCUT2D eigenvalue weighted by Crippen LogP contribution is 2.36. The van der Waals surface area contributed by atoms with Crippen LogP contribution in [0.2, 0.25) is 0 Å². The first-order valence-electron chi connectivity index (χ1n) is 20.6. The van der Waals surface area contributed by atoms with Gasteiger partial charge in [0.25, 0.3) is 5.91 Å². The minimum Gasteiger partial charge on any atom is -0.508 e. The van der Waals surface area contributed by atoms with Crippen molar-refractivity contribution < 1.29 is 33.8 Å². The number of phenolic OH excluding ortho intramolecular Hbond substituents is 1. The van der Waals surface area contributed by atoms with Gasteiger partial charge < -0.3 is 25.0 Å². The number of hydrogen-bond donors (Lipinski definition) is 3. The fourth-order valence-corrected chi connectivity index (χ4v) is 8.35. The van der Waals surface area contributed by atoms with Crippen molar-refractivity contribution in [1.29, 1.82) is 0 Å². The maximum absolute atomic E-state index is 13.1. The number of halogens is 1. The van der Waals surface area contributed by atoms with Gasteiger partial charge in [0.2, 0.25) is 23.6 Å². The molecule has 0 radical (unpaired) electrons. The number of carbonyl (C=O) groups excluding carboxylic acids is 5. The van der Waals surface area contributed by atoms with Crippen molar-refractivity contribution in [3.8, 4) is 11.5 Å². The fraction of sp³-hybridized carbons (Fsp3) is 0.340. The molecule has 2 saturated heterocycles. The lowest BCUT2D eigenvalue weighted by atomic mass is 9.88. The van der Waals surface area contributed by atoms with Gasteiger partial charge in [0.1, 0.15) is 24.1 Å². The van der Waals surface area contributed by atoms with E-state index in [1.54, 1.807) is 30.3 Å². The van der Waals surface area contributed by atoms with Crippen LogP contribution in [0.4, 0.5) is 5.69 Å². The molecule has 312 valence electrons. The number of nitrogens with one attached hydrogen (secondary N) is 2. The van der Waals surface area contributed by atoms with Gasteiger partial charge in [0, 0.05) is 81.2 Å². The van der Waals surface area contributed by atoms with Crippen LogP contribution in [0, 0.1) is 0 Å². The number of rotatable bonds is 16. The van der Waals surface area contributed by atoms with Crippen molar-refractivity contribution in [1.82, 2.24) is 20.0 Å². The zero-order valence-corrected chi connectivity index (χ0v) is 34.3.